The number of dihydropyridines is 1. The Bertz CT molecular complexity index is 1000. The molecule has 0 aromatic rings. The van der Waals surface area contributed by atoms with Crippen molar-refractivity contribution in [2.24, 2.45) is 0 Å². The van der Waals surface area contributed by atoms with Gasteiger partial charge in [-0.2, -0.15) is 0 Å². The maximum atomic E-state index is 12.1. The SMILES string of the molecule is O=C1C([N+](=O)[O-])=CC2=C(C=C3C([N+](=O)[O-])=CC([N+](=O)[O-])=CC3N2)C1[N+](=O)[O-]. The van der Waals surface area contributed by atoms with Crippen LogP contribution in [0.2, 0.25) is 0 Å². The Morgan fingerprint density at radius 1 is 0.852 bits per heavy atom. The molecule has 0 spiro atoms. The van der Waals surface area contributed by atoms with Crippen molar-refractivity contribution in [3.8, 4) is 0 Å². The van der Waals surface area contributed by atoms with Gasteiger partial charge in [-0.15, -0.1) is 0 Å². The lowest BCUT2D eigenvalue weighted by Crippen LogP contribution is -2.44. The Morgan fingerprint density at radius 3 is 2.00 bits per heavy atom. The van der Waals surface area contributed by atoms with Crippen LogP contribution in [0.3, 0.4) is 0 Å². The van der Waals surface area contributed by atoms with Gasteiger partial charge in [-0.1, -0.05) is 0 Å². The molecule has 2 aliphatic carbocycles. The third kappa shape index (κ3) is 2.74. The van der Waals surface area contributed by atoms with Gasteiger partial charge in [-0.3, -0.25) is 45.3 Å². The van der Waals surface area contributed by atoms with E-state index in [1.165, 1.54) is 0 Å². The maximum Gasteiger partial charge on any atom is 0.321 e. The molecule has 0 aromatic heterocycles. The number of Topliss-reactive ketones (excluding diaryl/α,β-unsaturated/α-hetero) is 1. The van der Waals surface area contributed by atoms with Crippen molar-refractivity contribution in [2.75, 3.05) is 0 Å². The van der Waals surface area contributed by atoms with Crippen molar-refractivity contribution in [1.82, 2.24) is 5.32 Å². The van der Waals surface area contributed by atoms with Crippen LogP contribution in [0.4, 0.5) is 0 Å². The zero-order valence-corrected chi connectivity index (χ0v) is 12.9. The largest absolute Gasteiger partial charge is 0.374 e. The molecule has 0 saturated heterocycles. The molecule has 0 bridgehead atoms. The first-order valence-corrected chi connectivity index (χ1v) is 7.10. The molecule has 3 aliphatic rings. The highest BCUT2D eigenvalue weighted by Gasteiger charge is 2.48. The fourth-order valence-electron chi connectivity index (χ4n) is 2.93. The molecule has 138 valence electrons. The lowest BCUT2D eigenvalue weighted by atomic mass is 9.84. The number of nitrogens with one attached hydrogen (secondary N) is 1. The Balaban J connectivity index is 2.21. The highest BCUT2D eigenvalue weighted by molar-refractivity contribution is 6.01. The van der Waals surface area contributed by atoms with Crippen LogP contribution in [0, 0.1) is 40.5 Å². The molecule has 0 saturated carbocycles. The van der Waals surface area contributed by atoms with Crippen LogP contribution >= 0.6 is 0 Å². The molecule has 0 amide bonds. The lowest BCUT2D eigenvalue weighted by Gasteiger charge is -2.28. The molecule has 2 unspecified atom stereocenters. The third-order valence-electron chi connectivity index (χ3n) is 4.08. The van der Waals surface area contributed by atoms with E-state index in [2.05, 4.69) is 5.32 Å². The lowest BCUT2D eigenvalue weighted by molar-refractivity contribution is -0.500. The van der Waals surface area contributed by atoms with Gasteiger partial charge in [-0.05, 0) is 6.08 Å². The van der Waals surface area contributed by atoms with Crippen molar-refractivity contribution in [2.45, 2.75) is 12.1 Å². The minimum atomic E-state index is -2.12. The Labute approximate surface area is 147 Å². The normalized spacial score (nSPS) is 23.6. The van der Waals surface area contributed by atoms with E-state index >= 15 is 0 Å². The summed E-state index contributed by atoms with van der Waals surface area (Å²) in [5.74, 6) is -1.37. The van der Waals surface area contributed by atoms with E-state index in [1.807, 2.05) is 0 Å². The average molecular weight is 377 g/mol. The first-order valence-electron chi connectivity index (χ1n) is 7.10. The number of carbonyl (C=O) groups is 1. The number of hydrogen-bond acceptors (Lipinski definition) is 10. The van der Waals surface area contributed by atoms with Gasteiger partial charge in [0.05, 0.1) is 43.7 Å². The molecule has 1 N–H and O–H groups in total. The summed E-state index contributed by atoms with van der Waals surface area (Å²) in [6.07, 6.45) is 3.49. The van der Waals surface area contributed by atoms with E-state index < -0.39 is 54.7 Å². The third-order valence-corrected chi connectivity index (χ3v) is 4.08. The van der Waals surface area contributed by atoms with Gasteiger partial charge in [0.1, 0.15) is 0 Å². The summed E-state index contributed by atoms with van der Waals surface area (Å²) in [6.45, 7) is 0. The van der Waals surface area contributed by atoms with Crippen LogP contribution in [-0.2, 0) is 4.79 Å². The van der Waals surface area contributed by atoms with Gasteiger partial charge >= 0.3 is 17.5 Å². The molecule has 1 aliphatic heterocycles. The molecule has 0 aromatic carbocycles. The Morgan fingerprint density at radius 2 is 1.48 bits per heavy atom. The second kappa shape index (κ2) is 5.94. The van der Waals surface area contributed by atoms with Crippen LogP contribution in [0.25, 0.3) is 0 Å². The predicted octanol–water partition coefficient (Wildman–Crippen LogP) is -0.138. The number of rotatable bonds is 4. The number of nitrogens with zero attached hydrogens (tertiary/aromatic N) is 4. The smallest absolute Gasteiger partial charge is 0.321 e. The van der Waals surface area contributed by atoms with Crippen LogP contribution in [0.1, 0.15) is 0 Å². The molecule has 0 radical (unpaired) electrons. The Kier molecular flexibility index (Phi) is 3.87. The van der Waals surface area contributed by atoms with E-state index in [9.17, 15) is 45.3 Å². The molecule has 1 heterocycles. The van der Waals surface area contributed by atoms with E-state index in [4.69, 9.17) is 0 Å². The van der Waals surface area contributed by atoms with Crippen LogP contribution in [-0.4, -0.2) is 37.6 Å². The summed E-state index contributed by atoms with van der Waals surface area (Å²) in [5.41, 5.74) is -2.91. The fourth-order valence-corrected chi connectivity index (χ4v) is 2.93. The number of allylic oxidation sites excluding steroid dienone is 2. The minimum absolute atomic E-state index is 0.137. The first kappa shape index (κ1) is 17.6. The van der Waals surface area contributed by atoms with E-state index in [1.54, 1.807) is 0 Å². The molecular formula is C13H7N5O9. The molecular weight excluding hydrogens is 370 g/mol. The highest BCUT2D eigenvalue weighted by atomic mass is 16.6. The molecule has 14 heteroatoms. The van der Waals surface area contributed by atoms with Gasteiger partial charge < -0.3 is 5.32 Å². The van der Waals surface area contributed by atoms with E-state index in [0.29, 0.717) is 6.08 Å². The van der Waals surface area contributed by atoms with E-state index in [-0.39, 0.29) is 16.8 Å². The second-order valence-corrected chi connectivity index (χ2v) is 5.56. The predicted molar refractivity (Wildman–Crippen MR) is 83.1 cm³/mol. The summed E-state index contributed by atoms with van der Waals surface area (Å²) < 4.78 is 0. The topological polar surface area (TPSA) is 202 Å². The standard InChI is InChI=1S/C13H7N5O9/c19-13-11(17(24)25)4-9-7(12(13)18(26)27)3-6-8(14-9)1-5(15(20)21)2-10(6)16(22)23/h1-4,8,12,14H. The fraction of sp³-hybridized carbons (Fsp3) is 0.154. The molecule has 27 heavy (non-hydrogen) atoms. The van der Waals surface area contributed by atoms with Crippen molar-refractivity contribution in [3.05, 3.63) is 98.7 Å². The highest BCUT2D eigenvalue weighted by Crippen LogP contribution is 2.34. The molecule has 3 rings (SSSR count). The Hall–Kier alpha value is -4.23. The van der Waals surface area contributed by atoms with Crippen molar-refractivity contribution >= 4 is 5.78 Å². The number of nitro groups is 4. The number of ketones is 1. The average Bonchev–Trinajstić information content (AvgIpc) is 2.57. The summed E-state index contributed by atoms with van der Waals surface area (Å²) >= 11 is 0. The number of fused-ring (bicyclic) bond motifs is 1. The zero-order valence-electron chi connectivity index (χ0n) is 12.9. The zero-order chi connectivity index (χ0) is 20.0. The molecule has 14 nitrogen and oxygen atoms in total. The van der Waals surface area contributed by atoms with E-state index in [0.717, 1.165) is 18.2 Å². The van der Waals surface area contributed by atoms with Gasteiger partial charge in [0.15, 0.2) is 0 Å². The quantitative estimate of drug-likeness (QED) is 0.507. The van der Waals surface area contributed by atoms with Crippen molar-refractivity contribution < 1.29 is 24.5 Å². The number of hydrogen-bond donors (Lipinski definition) is 1. The van der Waals surface area contributed by atoms with Crippen LogP contribution < -0.4 is 5.32 Å². The summed E-state index contributed by atoms with van der Waals surface area (Å²) in [5, 5.41) is 47.1. The van der Waals surface area contributed by atoms with Crippen molar-refractivity contribution in [1.29, 1.82) is 0 Å². The maximum absolute atomic E-state index is 12.1. The van der Waals surface area contributed by atoms with Gasteiger partial charge in [0.2, 0.25) is 0 Å². The monoisotopic (exact) mass is 377 g/mol. The first-order chi connectivity index (χ1) is 12.6. The minimum Gasteiger partial charge on any atom is -0.374 e. The van der Waals surface area contributed by atoms with Crippen LogP contribution in [0.5, 0.6) is 0 Å². The summed E-state index contributed by atoms with van der Waals surface area (Å²) in [6, 6.07) is -3.25. The van der Waals surface area contributed by atoms with Gasteiger partial charge in [0.25, 0.3) is 11.4 Å². The van der Waals surface area contributed by atoms with Crippen molar-refractivity contribution in [3.63, 3.8) is 0 Å². The van der Waals surface area contributed by atoms with Gasteiger partial charge in [0, 0.05) is 17.1 Å². The second-order valence-electron chi connectivity index (χ2n) is 5.56. The summed E-state index contributed by atoms with van der Waals surface area (Å²) in [7, 11) is 0. The van der Waals surface area contributed by atoms with Gasteiger partial charge in [-0.25, -0.2) is 0 Å². The number of carbonyl (C=O) groups excluding carboxylic acids is 1. The van der Waals surface area contributed by atoms with Crippen LogP contribution in [0.15, 0.2) is 58.2 Å². The summed E-state index contributed by atoms with van der Waals surface area (Å²) in [4.78, 5) is 52.8. The molecule has 2 atom stereocenters. The molecule has 0 fully saturated rings.